The Kier molecular flexibility index (Phi) is 5.07. The molecule has 2 heterocycles. The number of nitrogens with zero attached hydrogens (tertiary/aromatic N) is 3. The van der Waals surface area contributed by atoms with Crippen LogP contribution < -0.4 is 10.2 Å². The molecule has 2 aliphatic rings. The molecule has 0 spiro atoms. The van der Waals surface area contributed by atoms with Crippen LogP contribution in [0.3, 0.4) is 0 Å². The van der Waals surface area contributed by atoms with E-state index in [-0.39, 0.29) is 17.5 Å². The van der Waals surface area contributed by atoms with Gasteiger partial charge in [-0.2, -0.15) is 0 Å². The molecule has 1 N–H and O–H groups in total. The lowest BCUT2D eigenvalue weighted by atomic mass is 10.0. The van der Waals surface area contributed by atoms with E-state index in [1.165, 1.54) is 11.8 Å². The van der Waals surface area contributed by atoms with E-state index < -0.39 is 0 Å². The molecule has 0 aliphatic carbocycles. The highest BCUT2D eigenvalue weighted by Crippen LogP contribution is 2.30. The lowest BCUT2D eigenvalue weighted by molar-refractivity contribution is -0.115. The van der Waals surface area contributed by atoms with Gasteiger partial charge < -0.3 is 5.32 Å². The van der Waals surface area contributed by atoms with Crippen LogP contribution >= 0.6 is 27.7 Å². The van der Waals surface area contributed by atoms with Crippen LogP contribution in [0.2, 0.25) is 0 Å². The van der Waals surface area contributed by atoms with Crippen molar-refractivity contribution < 1.29 is 9.59 Å². The number of carbonyl (C=O) groups is 2. The van der Waals surface area contributed by atoms with Crippen molar-refractivity contribution in [2.45, 2.75) is 19.8 Å². The molecular formula is C20H17BrN4O2S. The van der Waals surface area contributed by atoms with Crippen LogP contribution in [0.25, 0.3) is 0 Å². The Hall–Kier alpha value is -2.45. The van der Waals surface area contributed by atoms with E-state index in [0.717, 1.165) is 15.7 Å². The number of thioether (sulfide) groups is 1. The molecule has 4 rings (SSSR count). The second-order valence-corrected chi connectivity index (χ2v) is 8.60. The average molecular weight is 457 g/mol. The Balaban J connectivity index is 1.71. The van der Waals surface area contributed by atoms with Crippen molar-refractivity contribution in [1.29, 1.82) is 0 Å². The third kappa shape index (κ3) is 3.49. The first-order chi connectivity index (χ1) is 13.4. The maximum absolute atomic E-state index is 12.5. The van der Waals surface area contributed by atoms with E-state index in [2.05, 4.69) is 45.3 Å². The number of fused-ring (bicyclic) bond motifs is 1. The largest absolute Gasteiger partial charge is 0.320 e. The van der Waals surface area contributed by atoms with Gasteiger partial charge in [0.25, 0.3) is 5.91 Å². The molecule has 1 saturated heterocycles. The molecule has 2 aliphatic heterocycles. The lowest BCUT2D eigenvalue weighted by Crippen LogP contribution is -2.29. The van der Waals surface area contributed by atoms with E-state index in [1.54, 1.807) is 4.90 Å². The fourth-order valence-electron chi connectivity index (χ4n) is 3.03. The highest BCUT2D eigenvalue weighted by Gasteiger charge is 2.31. The van der Waals surface area contributed by atoms with E-state index >= 15 is 0 Å². The van der Waals surface area contributed by atoms with Crippen molar-refractivity contribution in [3.05, 3.63) is 58.1 Å². The molecule has 8 heteroatoms. The molecule has 2 aromatic carbocycles. The quantitative estimate of drug-likeness (QED) is 0.696. The Bertz CT molecular complexity index is 1050. The molecular weight excluding hydrogens is 440 g/mol. The van der Waals surface area contributed by atoms with Crippen LogP contribution in [0, 0.1) is 0 Å². The van der Waals surface area contributed by atoms with Gasteiger partial charge >= 0.3 is 0 Å². The van der Waals surface area contributed by atoms with Crippen molar-refractivity contribution in [3.63, 3.8) is 0 Å². The zero-order valence-electron chi connectivity index (χ0n) is 15.3. The molecule has 0 saturated carbocycles. The average Bonchev–Trinajstić information content (AvgIpc) is 3.19. The first-order valence-corrected chi connectivity index (χ1v) is 10.5. The second-order valence-electron chi connectivity index (χ2n) is 6.74. The summed E-state index contributed by atoms with van der Waals surface area (Å²) < 4.78 is 0.848. The number of nitrogens with one attached hydrogen (secondary N) is 1. The maximum atomic E-state index is 12.5. The Morgan fingerprint density at radius 2 is 1.96 bits per heavy atom. The van der Waals surface area contributed by atoms with Gasteiger partial charge in [-0.3, -0.25) is 14.5 Å². The number of benzene rings is 2. The van der Waals surface area contributed by atoms with Crippen molar-refractivity contribution in [1.82, 2.24) is 0 Å². The molecule has 0 radical (unpaired) electrons. The van der Waals surface area contributed by atoms with Gasteiger partial charge in [0.2, 0.25) is 5.91 Å². The van der Waals surface area contributed by atoms with Gasteiger partial charge in [0, 0.05) is 10.0 Å². The molecule has 2 amide bonds. The van der Waals surface area contributed by atoms with Gasteiger partial charge in [0.1, 0.15) is 0 Å². The van der Waals surface area contributed by atoms with Crippen molar-refractivity contribution in [3.8, 4) is 0 Å². The van der Waals surface area contributed by atoms with Gasteiger partial charge in [0.05, 0.1) is 17.1 Å². The Morgan fingerprint density at radius 3 is 2.75 bits per heavy atom. The minimum atomic E-state index is -0.305. The fourth-order valence-corrected chi connectivity index (χ4v) is 4.21. The minimum Gasteiger partial charge on any atom is -0.320 e. The molecule has 0 unspecified atom stereocenters. The Labute approximate surface area is 175 Å². The summed E-state index contributed by atoms with van der Waals surface area (Å²) in [6.07, 6.45) is 0. The third-order valence-electron chi connectivity index (χ3n) is 4.50. The van der Waals surface area contributed by atoms with Crippen LogP contribution in [-0.2, 0) is 9.59 Å². The van der Waals surface area contributed by atoms with E-state index in [9.17, 15) is 9.59 Å². The van der Waals surface area contributed by atoms with Gasteiger partial charge in [0.15, 0.2) is 10.9 Å². The summed E-state index contributed by atoms with van der Waals surface area (Å²) in [6.45, 7) is 4.21. The molecule has 142 valence electrons. The molecule has 1 fully saturated rings. The predicted molar refractivity (Wildman–Crippen MR) is 117 cm³/mol. The summed E-state index contributed by atoms with van der Waals surface area (Å²) >= 11 is 4.72. The summed E-state index contributed by atoms with van der Waals surface area (Å²) in [4.78, 5) is 26.3. The number of hydrogen-bond donors (Lipinski definition) is 1. The zero-order valence-corrected chi connectivity index (χ0v) is 17.7. The smallest absolute Gasteiger partial charge is 0.276 e. The third-order valence-corrected chi connectivity index (χ3v) is 5.90. The number of amidine groups is 1. The van der Waals surface area contributed by atoms with Gasteiger partial charge in [-0.15, -0.1) is 10.2 Å². The van der Waals surface area contributed by atoms with Crippen molar-refractivity contribution in [2.75, 3.05) is 16.0 Å². The normalized spacial score (nSPS) is 19.1. The molecule has 2 aromatic rings. The van der Waals surface area contributed by atoms with E-state index in [4.69, 9.17) is 0 Å². The van der Waals surface area contributed by atoms with Crippen LogP contribution in [0.4, 0.5) is 11.4 Å². The van der Waals surface area contributed by atoms with Crippen LogP contribution in [0.15, 0.2) is 57.1 Å². The fraction of sp³-hybridized carbons (Fsp3) is 0.200. The first-order valence-electron chi connectivity index (χ1n) is 8.76. The Morgan fingerprint density at radius 1 is 1.14 bits per heavy atom. The number of amides is 2. The number of hydrogen-bond acceptors (Lipinski definition) is 5. The lowest BCUT2D eigenvalue weighted by Gasteiger charge is -2.17. The van der Waals surface area contributed by atoms with Crippen LogP contribution in [0.1, 0.15) is 30.9 Å². The number of carbonyl (C=O) groups excluding carboxylic acids is 2. The monoisotopic (exact) mass is 456 g/mol. The first kappa shape index (κ1) is 18.9. The summed E-state index contributed by atoms with van der Waals surface area (Å²) in [6, 6.07) is 13.3. The number of anilines is 2. The van der Waals surface area contributed by atoms with Gasteiger partial charge in [-0.1, -0.05) is 53.7 Å². The number of rotatable bonds is 3. The molecule has 0 bridgehead atoms. The molecule has 0 atom stereocenters. The summed E-state index contributed by atoms with van der Waals surface area (Å²) in [5.41, 5.74) is 3.52. The van der Waals surface area contributed by atoms with Crippen LogP contribution in [-0.4, -0.2) is 28.4 Å². The van der Waals surface area contributed by atoms with Crippen LogP contribution in [0.5, 0.6) is 0 Å². The summed E-state index contributed by atoms with van der Waals surface area (Å²) in [7, 11) is 0. The second kappa shape index (κ2) is 7.52. The summed E-state index contributed by atoms with van der Waals surface area (Å²) in [5, 5.41) is 11.7. The SMILES string of the molecule is CC(C)c1cccc(N2C(=O)CSC2=NN=C2C(=O)Nc3ccc(Br)cc32)c1. The van der Waals surface area contributed by atoms with Crippen molar-refractivity contribution >= 4 is 61.8 Å². The van der Waals surface area contributed by atoms with E-state index in [1.807, 2.05) is 42.5 Å². The summed E-state index contributed by atoms with van der Waals surface area (Å²) in [5.74, 6) is 0.288. The van der Waals surface area contributed by atoms with Crippen molar-refractivity contribution in [2.24, 2.45) is 10.2 Å². The topological polar surface area (TPSA) is 74.1 Å². The highest BCUT2D eigenvalue weighted by atomic mass is 79.9. The molecule has 6 nitrogen and oxygen atoms in total. The maximum Gasteiger partial charge on any atom is 0.276 e. The minimum absolute atomic E-state index is 0.0520. The zero-order chi connectivity index (χ0) is 19.8. The highest BCUT2D eigenvalue weighted by molar-refractivity contribution is 9.10. The number of halogens is 1. The molecule has 0 aromatic heterocycles. The van der Waals surface area contributed by atoms with Gasteiger partial charge in [-0.25, -0.2) is 0 Å². The predicted octanol–water partition coefficient (Wildman–Crippen LogP) is 4.36. The van der Waals surface area contributed by atoms with E-state index in [0.29, 0.717) is 28.1 Å². The standard InChI is InChI=1S/C20H17BrN4O2S/c1-11(2)12-4-3-5-14(8-12)25-17(26)10-28-20(25)24-23-18-15-9-13(21)6-7-16(15)22-19(18)27/h3-9,11H,10H2,1-2H3,(H,22,23,27). The van der Waals surface area contributed by atoms with Gasteiger partial charge in [-0.05, 0) is 41.8 Å². The molecule has 28 heavy (non-hydrogen) atoms.